The second-order valence-electron chi connectivity index (χ2n) is 4.29. The van der Waals surface area contributed by atoms with Crippen LogP contribution in [0.3, 0.4) is 0 Å². The van der Waals surface area contributed by atoms with Crippen LogP contribution in [0.25, 0.3) is 0 Å². The van der Waals surface area contributed by atoms with Crippen molar-refractivity contribution in [2.45, 2.75) is 12.8 Å². The van der Waals surface area contributed by atoms with Gasteiger partial charge >= 0.3 is 5.97 Å². The van der Waals surface area contributed by atoms with Gasteiger partial charge in [0.2, 0.25) is 0 Å². The Morgan fingerprint density at radius 3 is 2.88 bits per heavy atom. The number of carbonyl (C=O) groups is 1. The maximum absolute atomic E-state index is 10.7. The van der Waals surface area contributed by atoms with E-state index in [2.05, 4.69) is 9.88 Å². The summed E-state index contributed by atoms with van der Waals surface area (Å²) in [7, 11) is 1.96. The van der Waals surface area contributed by atoms with E-state index in [1.807, 2.05) is 11.9 Å². The number of carboxylic acid groups (broad SMARTS) is 1. The quantitative estimate of drug-likeness (QED) is 0.861. The van der Waals surface area contributed by atoms with Gasteiger partial charge in [-0.05, 0) is 25.9 Å². The lowest BCUT2D eigenvalue weighted by Crippen LogP contribution is -2.31. The van der Waals surface area contributed by atoms with Crippen LogP contribution in [0.4, 0.5) is 5.13 Å². The fraction of sp³-hybridized carbons (Fsp3) is 0.636. The van der Waals surface area contributed by atoms with Crippen LogP contribution >= 0.6 is 11.3 Å². The third kappa shape index (κ3) is 3.17. The highest BCUT2D eigenvalue weighted by atomic mass is 32.1. The maximum Gasteiger partial charge on any atom is 0.355 e. The number of aromatic carboxylic acids is 1. The molecule has 0 bridgehead atoms. The summed E-state index contributed by atoms with van der Waals surface area (Å²) in [4.78, 5) is 19.3. The van der Waals surface area contributed by atoms with Gasteiger partial charge in [-0.3, -0.25) is 0 Å². The summed E-state index contributed by atoms with van der Waals surface area (Å²) < 4.78 is 0. The topological polar surface area (TPSA) is 56.7 Å². The second-order valence-corrected chi connectivity index (χ2v) is 5.13. The Morgan fingerprint density at radius 1 is 1.59 bits per heavy atom. The van der Waals surface area contributed by atoms with Crippen molar-refractivity contribution in [1.29, 1.82) is 0 Å². The zero-order chi connectivity index (χ0) is 12.3. The van der Waals surface area contributed by atoms with Gasteiger partial charge in [0.15, 0.2) is 10.8 Å². The minimum atomic E-state index is -0.958. The molecule has 1 aliphatic heterocycles. The molecule has 5 nitrogen and oxygen atoms in total. The van der Waals surface area contributed by atoms with Crippen molar-refractivity contribution in [3.05, 3.63) is 11.1 Å². The molecular weight excluding hydrogens is 238 g/mol. The van der Waals surface area contributed by atoms with E-state index in [4.69, 9.17) is 5.11 Å². The highest BCUT2D eigenvalue weighted by Crippen LogP contribution is 2.19. The minimum absolute atomic E-state index is 0.137. The van der Waals surface area contributed by atoms with Crippen LogP contribution in [0.2, 0.25) is 0 Å². The summed E-state index contributed by atoms with van der Waals surface area (Å²) in [6.45, 7) is 4.29. The van der Waals surface area contributed by atoms with Crippen molar-refractivity contribution < 1.29 is 9.90 Å². The summed E-state index contributed by atoms with van der Waals surface area (Å²) in [5.41, 5.74) is 0.137. The van der Waals surface area contributed by atoms with Gasteiger partial charge < -0.3 is 14.9 Å². The number of hydrogen-bond donors (Lipinski definition) is 1. The van der Waals surface area contributed by atoms with E-state index in [0.717, 1.165) is 18.2 Å². The summed E-state index contributed by atoms with van der Waals surface area (Å²) >= 11 is 1.38. The lowest BCUT2D eigenvalue weighted by atomic mass is 10.4. The summed E-state index contributed by atoms with van der Waals surface area (Å²) in [6.07, 6.45) is 2.59. The molecule has 0 unspecified atom stereocenters. The van der Waals surface area contributed by atoms with Crippen LogP contribution in [0.1, 0.15) is 23.3 Å². The number of likely N-dealkylation sites (N-methyl/N-ethyl adjacent to an activating group) is 1. The fourth-order valence-electron chi connectivity index (χ4n) is 1.93. The summed E-state index contributed by atoms with van der Waals surface area (Å²) in [5, 5.41) is 11.2. The molecule has 17 heavy (non-hydrogen) atoms. The summed E-state index contributed by atoms with van der Waals surface area (Å²) in [6, 6.07) is 0. The van der Waals surface area contributed by atoms with E-state index in [9.17, 15) is 4.79 Å². The molecule has 1 aliphatic rings. The van der Waals surface area contributed by atoms with Crippen molar-refractivity contribution in [1.82, 2.24) is 9.88 Å². The average molecular weight is 255 g/mol. The van der Waals surface area contributed by atoms with Crippen molar-refractivity contribution in [2.75, 3.05) is 38.1 Å². The van der Waals surface area contributed by atoms with Crippen LogP contribution in [0.15, 0.2) is 5.38 Å². The molecule has 0 saturated carbocycles. The molecule has 1 aromatic rings. The number of aromatic nitrogens is 1. The van der Waals surface area contributed by atoms with Crippen molar-refractivity contribution >= 4 is 22.4 Å². The molecule has 1 saturated heterocycles. The Kier molecular flexibility index (Phi) is 3.96. The zero-order valence-corrected chi connectivity index (χ0v) is 10.7. The first-order chi connectivity index (χ1) is 8.16. The molecule has 0 aliphatic carbocycles. The molecule has 94 valence electrons. The second kappa shape index (κ2) is 5.46. The predicted molar refractivity (Wildman–Crippen MR) is 68.0 cm³/mol. The average Bonchev–Trinajstić information content (AvgIpc) is 2.96. The van der Waals surface area contributed by atoms with Gasteiger partial charge in [-0.1, -0.05) is 0 Å². The molecule has 0 radical (unpaired) electrons. The Balaban J connectivity index is 1.85. The Morgan fingerprint density at radius 2 is 2.29 bits per heavy atom. The van der Waals surface area contributed by atoms with Crippen LogP contribution < -0.4 is 4.90 Å². The largest absolute Gasteiger partial charge is 0.476 e. The van der Waals surface area contributed by atoms with Gasteiger partial charge in [-0.25, -0.2) is 9.78 Å². The first-order valence-corrected chi connectivity index (χ1v) is 6.67. The minimum Gasteiger partial charge on any atom is -0.476 e. The lowest BCUT2D eigenvalue weighted by Gasteiger charge is -2.20. The van der Waals surface area contributed by atoms with E-state index in [0.29, 0.717) is 0 Å². The third-order valence-electron chi connectivity index (χ3n) is 2.99. The van der Waals surface area contributed by atoms with Crippen LogP contribution in [-0.4, -0.2) is 54.2 Å². The van der Waals surface area contributed by atoms with Crippen molar-refractivity contribution in [2.24, 2.45) is 0 Å². The first kappa shape index (κ1) is 12.3. The molecule has 1 fully saturated rings. The van der Waals surface area contributed by atoms with E-state index in [-0.39, 0.29) is 5.69 Å². The van der Waals surface area contributed by atoms with Crippen LogP contribution in [-0.2, 0) is 0 Å². The Hall–Kier alpha value is -1.14. The number of rotatable bonds is 5. The van der Waals surface area contributed by atoms with E-state index < -0.39 is 5.97 Å². The van der Waals surface area contributed by atoms with Crippen molar-refractivity contribution in [3.63, 3.8) is 0 Å². The van der Waals surface area contributed by atoms with Gasteiger partial charge in [0.05, 0.1) is 0 Å². The summed E-state index contributed by atoms with van der Waals surface area (Å²) in [5.74, 6) is -0.958. The van der Waals surface area contributed by atoms with Gasteiger partial charge in [-0.15, -0.1) is 11.3 Å². The molecule has 2 rings (SSSR count). The molecule has 6 heteroatoms. The van der Waals surface area contributed by atoms with E-state index in [1.54, 1.807) is 5.38 Å². The normalized spacial score (nSPS) is 16.3. The zero-order valence-electron chi connectivity index (χ0n) is 9.93. The predicted octanol–water partition coefficient (Wildman–Crippen LogP) is 1.37. The third-order valence-corrected chi connectivity index (χ3v) is 3.94. The van der Waals surface area contributed by atoms with E-state index in [1.165, 1.54) is 37.3 Å². The molecule has 0 atom stereocenters. The molecule has 2 heterocycles. The molecule has 1 N–H and O–H groups in total. The highest BCUT2D eigenvalue weighted by molar-refractivity contribution is 7.13. The monoisotopic (exact) mass is 255 g/mol. The van der Waals surface area contributed by atoms with Gasteiger partial charge in [0.25, 0.3) is 0 Å². The fourth-order valence-corrected chi connectivity index (χ4v) is 2.72. The number of anilines is 1. The molecule has 0 spiro atoms. The molecule has 0 amide bonds. The molecule has 1 aromatic heterocycles. The highest BCUT2D eigenvalue weighted by Gasteiger charge is 2.14. The Labute approximate surface area is 105 Å². The smallest absolute Gasteiger partial charge is 0.355 e. The number of nitrogens with zero attached hydrogens (tertiary/aromatic N) is 3. The molecular formula is C11H17N3O2S. The Bertz CT molecular complexity index is 388. The van der Waals surface area contributed by atoms with Gasteiger partial charge in [0.1, 0.15) is 0 Å². The number of thiazole rings is 1. The van der Waals surface area contributed by atoms with Gasteiger partial charge in [0, 0.05) is 25.5 Å². The van der Waals surface area contributed by atoms with Crippen LogP contribution in [0.5, 0.6) is 0 Å². The van der Waals surface area contributed by atoms with Crippen molar-refractivity contribution in [3.8, 4) is 0 Å². The standard InChI is InChI=1S/C11H17N3O2S/c1-13(6-7-14-4-2-3-5-14)11-12-9(8-17-11)10(15)16/h8H,2-7H2,1H3,(H,15,16). The van der Waals surface area contributed by atoms with Crippen LogP contribution in [0, 0.1) is 0 Å². The first-order valence-electron chi connectivity index (χ1n) is 5.79. The number of carboxylic acids is 1. The maximum atomic E-state index is 10.7. The lowest BCUT2D eigenvalue weighted by molar-refractivity contribution is 0.0691. The van der Waals surface area contributed by atoms with Gasteiger partial charge in [-0.2, -0.15) is 0 Å². The SMILES string of the molecule is CN(CCN1CCCC1)c1nc(C(=O)O)cs1. The number of hydrogen-bond acceptors (Lipinski definition) is 5. The van der Waals surface area contributed by atoms with E-state index >= 15 is 0 Å². The molecule has 0 aromatic carbocycles. The number of likely N-dealkylation sites (tertiary alicyclic amines) is 1.